The highest BCUT2D eigenvalue weighted by Crippen LogP contribution is 2.13. The molecule has 0 aliphatic carbocycles. The lowest BCUT2D eigenvalue weighted by Crippen LogP contribution is -2.30. The first-order valence-corrected chi connectivity index (χ1v) is 25.7. The predicted molar refractivity (Wildman–Crippen MR) is 274 cm³/mol. The highest BCUT2D eigenvalue weighted by atomic mass is 16.6. The summed E-state index contributed by atoms with van der Waals surface area (Å²) in [6.07, 6.45) is 70.3. The Morgan fingerprint density at radius 1 is 0.328 bits per heavy atom. The lowest BCUT2D eigenvalue weighted by Gasteiger charge is -2.18. The number of hydrogen-bond donors (Lipinski definition) is 0. The van der Waals surface area contributed by atoms with E-state index < -0.39 is 6.10 Å². The van der Waals surface area contributed by atoms with Crippen molar-refractivity contribution in [3.8, 4) is 0 Å². The smallest absolute Gasteiger partial charge is 0.306 e. The quantitative estimate of drug-likeness (QED) is 0.0199. The van der Waals surface area contributed by atoms with Crippen molar-refractivity contribution in [3.63, 3.8) is 0 Å². The number of carbonyl (C=O) groups is 3. The molecule has 0 aromatic heterocycles. The molecule has 0 aliphatic heterocycles. The van der Waals surface area contributed by atoms with Crippen LogP contribution >= 0.6 is 0 Å². The van der Waals surface area contributed by atoms with Gasteiger partial charge in [-0.3, -0.25) is 14.4 Å². The van der Waals surface area contributed by atoms with Crippen LogP contribution in [-0.2, 0) is 28.6 Å². The fourth-order valence-electron chi connectivity index (χ4n) is 6.58. The van der Waals surface area contributed by atoms with E-state index in [1.165, 1.54) is 57.8 Å². The van der Waals surface area contributed by atoms with Gasteiger partial charge in [-0.15, -0.1) is 0 Å². The minimum absolute atomic E-state index is 0.110. The second kappa shape index (κ2) is 51.4. The Labute approximate surface area is 392 Å². The standard InChI is InChI=1S/C58H92O6/c1-4-7-10-13-16-19-22-25-27-29-31-33-36-39-42-45-48-51-57(60)63-54-55(53-62-56(59)50-47-44-41-38-35-32-24-21-18-15-12-9-6-3)64-58(61)52-49-46-43-40-37-34-30-28-26-23-20-17-14-11-8-5-2/h7,9-10,12-13,15-16,18-19,21-22,24-25,27-31,33,36,55H,4-6,8,11,14,17,20,23,26,32,34-35,37-54H2,1-3H3/b10-7+,12-9+,16-13+,18-15+,22-19+,24-21+,27-25+,30-28+,31-29+,36-33+. The summed E-state index contributed by atoms with van der Waals surface area (Å²) in [5.74, 6) is -0.989. The molecule has 0 radical (unpaired) electrons. The molecule has 0 aromatic carbocycles. The number of hydrogen-bond acceptors (Lipinski definition) is 6. The van der Waals surface area contributed by atoms with Crippen molar-refractivity contribution >= 4 is 17.9 Å². The lowest BCUT2D eigenvalue weighted by molar-refractivity contribution is -0.167. The zero-order valence-electron chi connectivity index (χ0n) is 41.0. The summed E-state index contributed by atoms with van der Waals surface area (Å²) >= 11 is 0. The van der Waals surface area contributed by atoms with Gasteiger partial charge in [0.2, 0.25) is 0 Å². The highest BCUT2D eigenvalue weighted by Gasteiger charge is 2.19. The molecule has 0 bridgehead atoms. The van der Waals surface area contributed by atoms with E-state index in [9.17, 15) is 14.4 Å². The molecule has 0 fully saturated rings. The van der Waals surface area contributed by atoms with Crippen molar-refractivity contribution in [2.24, 2.45) is 0 Å². The van der Waals surface area contributed by atoms with E-state index >= 15 is 0 Å². The summed E-state index contributed by atoms with van der Waals surface area (Å²) in [5, 5.41) is 0. The molecule has 0 N–H and O–H groups in total. The Kier molecular flexibility index (Phi) is 48.1. The third kappa shape index (κ3) is 48.8. The summed E-state index contributed by atoms with van der Waals surface area (Å²) in [7, 11) is 0. The SMILES string of the molecule is CC/C=C/C=C/C=C/C=C/C=C/C=C/CCCCCC(=O)OCC(COC(=O)CCCCCCC/C=C/C=C/C=C/CC)OC(=O)CCCCCCC/C=C/CCCCCCCCC. The first-order valence-electron chi connectivity index (χ1n) is 25.7. The van der Waals surface area contributed by atoms with Crippen molar-refractivity contribution < 1.29 is 28.6 Å². The number of esters is 3. The Hall–Kier alpha value is -4.19. The Morgan fingerprint density at radius 3 is 1.02 bits per heavy atom. The normalized spacial score (nSPS) is 13.1. The van der Waals surface area contributed by atoms with Gasteiger partial charge in [0, 0.05) is 19.3 Å². The zero-order chi connectivity index (χ0) is 46.5. The Bertz CT molecular complexity index is 1390. The van der Waals surface area contributed by atoms with E-state index in [1.54, 1.807) is 0 Å². The van der Waals surface area contributed by atoms with Crippen LogP contribution in [0.15, 0.2) is 122 Å². The van der Waals surface area contributed by atoms with Gasteiger partial charge in [-0.2, -0.15) is 0 Å². The molecule has 1 unspecified atom stereocenters. The molecule has 0 spiro atoms. The van der Waals surface area contributed by atoms with Crippen molar-refractivity contribution in [1.82, 2.24) is 0 Å². The molecule has 0 amide bonds. The summed E-state index contributed by atoms with van der Waals surface area (Å²) < 4.78 is 16.7. The maximum Gasteiger partial charge on any atom is 0.306 e. The molecule has 0 aromatic rings. The van der Waals surface area contributed by atoms with Crippen LogP contribution in [0.2, 0.25) is 0 Å². The molecule has 0 aliphatic rings. The average Bonchev–Trinajstić information content (AvgIpc) is 3.29. The third-order valence-electron chi connectivity index (χ3n) is 10.4. The number of rotatable bonds is 44. The van der Waals surface area contributed by atoms with Crippen molar-refractivity contribution in [1.29, 1.82) is 0 Å². The minimum atomic E-state index is -0.812. The monoisotopic (exact) mass is 885 g/mol. The minimum Gasteiger partial charge on any atom is -0.462 e. The number of unbranched alkanes of at least 4 members (excludes halogenated alkanes) is 20. The van der Waals surface area contributed by atoms with Crippen molar-refractivity contribution in [2.75, 3.05) is 13.2 Å². The van der Waals surface area contributed by atoms with E-state index in [2.05, 4.69) is 81.5 Å². The largest absolute Gasteiger partial charge is 0.462 e. The van der Waals surface area contributed by atoms with Crippen molar-refractivity contribution in [2.45, 2.75) is 213 Å². The first-order chi connectivity index (χ1) is 31.5. The molecular formula is C58H92O6. The van der Waals surface area contributed by atoms with Gasteiger partial charge in [-0.1, -0.05) is 226 Å². The number of ether oxygens (including phenoxy) is 3. The van der Waals surface area contributed by atoms with Gasteiger partial charge in [0.25, 0.3) is 0 Å². The molecular weight excluding hydrogens is 793 g/mol. The van der Waals surface area contributed by atoms with Crippen LogP contribution in [0.4, 0.5) is 0 Å². The van der Waals surface area contributed by atoms with Crippen LogP contribution < -0.4 is 0 Å². The molecule has 6 heteroatoms. The lowest BCUT2D eigenvalue weighted by atomic mass is 10.1. The van der Waals surface area contributed by atoms with Crippen LogP contribution in [0, 0.1) is 0 Å². The van der Waals surface area contributed by atoms with Gasteiger partial charge in [-0.05, 0) is 83.5 Å². The molecule has 0 heterocycles. The van der Waals surface area contributed by atoms with E-state index in [1.807, 2.05) is 60.8 Å². The van der Waals surface area contributed by atoms with Crippen LogP contribution in [0.3, 0.4) is 0 Å². The third-order valence-corrected chi connectivity index (χ3v) is 10.4. The van der Waals surface area contributed by atoms with Gasteiger partial charge in [0.15, 0.2) is 6.10 Å². The number of carbonyl (C=O) groups excluding carboxylic acids is 3. The van der Waals surface area contributed by atoms with E-state index in [0.29, 0.717) is 19.3 Å². The Balaban J connectivity index is 4.54. The number of allylic oxidation sites excluding steroid dienone is 20. The second-order valence-corrected chi connectivity index (χ2v) is 16.5. The maximum atomic E-state index is 12.8. The topological polar surface area (TPSA) is 78.9 Å². The fraction of sp³-hybridized carbons (Fsp3) is 0.603. The molecule has 0 rings (SSSR count). The van der Waals surface area contributed by atoms with E-state index in [4.69, 9.17) is 14.2 Å². The van der Waals surface area contributed by atoms with Crippen molar-refractivity contribution in [3.05, 3.63) is 122 Å². The zero-order valence-corrected chi connectivity index (χ0v) is 41.0. The molecule has 6 nitrogen and oxygen atoms in total. The Morgan fingerprint density at radius 2 is 0.625 bits per heavy atom. The highest BCUT2D eigenvalue weighted by molar-refractivity contribution is 5.71. The maximum absolute atomic E-state index is 12.8. The molecule has 360 valence electrons. The van der Waals surface area contributed by atoms with Crippen LogP contribution in [0.5, 0.6) is 0 Å². The van der Waals surface area contributed by atoms with Gasteiger partial charge in [0.05, 0.1) is 0 Å². The van der Waals surface area contributed by atoms with Gasteiger partial charge < -0.3 is 14.2 Å². The summed E-state index contributed by atoms with van der Waals surface area (Å²) in [6, 6.07) is 0. The van der Waals surface area contributed by atoms with E-state index in [0.717, 1.165) is 109 Å². The predicted octanol–water partition coefficient (Wildman–Crippen LogP) is 16.9. The van der Waals surface area contributed by atoms with Gasteiger partial charge >= 0.3 is 17.9 Å². The summed E-state index contributed by atoms with van der Waals surface area (Å²) in [5.41, 5.74) is 0. The van der Waals surface area contributed by atoms with Crippen LogP contribution in [0.25, 0.3) is 0 Å². The second-order valence-electron chi connectivity index (χ2n) is 16.5. The van der Waals surface area contributed by atoms with Crippen LogP contribution in [-0.4, -0.2) is 37.2 Å². The molecule has 0 saturated heterocycles. The summed E-state index contributed by atoms with van der Waals surface area (Å²) in [4.78, 5) is 38.0. The average molecular weight is 885 g/mol. The fourth-order valence-corrected chi connectivity index (χ4v) is 6.58. The summed E-state index contributed by atoms with van der Waals surface area (Å²) in [6.45, 7) is 6.28. The molecule has 0 saturated carbocycles. The molecule has 1 atom stereocenters. The first kappa shape index (κ1) is 59.8. The molecule has 64 heavy (non-hydrogen) atoms. The van der Waals surface area contributed by atoms with Gasteiger partial charge in [-0.25, -0.2) is 0 Å². The van der Waals surface area contributed by atoms with Crippen LogP contribution in [0.1, 0.15) is 207 Å². The van der Waals surface area contributed by atoms with E-state index in [-0.39, 0.29) is 31.1 Å². The van der Waals surface area contributed by atoms with Gasteiger partial charge in [0.1, 0.15) is 13.2 Å².